The molecule has 2 fully saturated rings. The maximum atomic E-state index is 11.3. The highest BCUT2D eigenvalue weighted by atomic mass is 16.5. The molecule has 32 heavy (non-hydrogen) atoms. The first kappa shape index (κ1) is 28.9. The van der Waals surface area contributed by atoms with Gasteiger partial charge in [0.05, 0.1) is 13.2 Å². The minimum absolute atomic E-state index is 0.0161. The van der Waals surface area contributed by atoms with E-state index in [2.05, 4.69) is 24.5 Å². The van der Waals surface area contributed by atoms with Crippen molar-refractivity contribution in [3.63, 3.8) is 0 Å². The highest BCUT2D eigenvalue weighted by Gasteiger charge is 2.24. The van der Waals surface area contributed by atoms with Crippen LogP contribution in [0, 0.1) is 23.7 Å². The molecule has 188 valence electrons. The third kappa shape index (κ3) is 13.4. The van der Waals surface area contributed by atoms with E-state index in [1.165, 1.54) is 51.4 Å². The van der Waals surface area contributed by atoms with Gasteiger partial charge in [0.1, 0.15) is 0 Å². The van der Waals surface area contributed by atoms with E-state index in [4.69, 9.17) is 9.47 Å². The zero-order valence-corrected chi connectivity index (χ0v) is 21.3. The maximum absolute atomic E-state index is 11.3. The van der Waals surface area contributed by atoms with Gasteiger partial charge in [-0.15, -0.1) is 0 Å². The highest BCUT2D eigenvalue weighted by molar-refractivity contribution is 5.69. The molecule has 2 aliphatic rings. The SMILES string of the molecule is CCNCC1CCC(CC(=O)OCC)CC1.CCNCC1CCC(CC(=O)OCC)CC1. The summed E-state index contributed by atoms with van der Waals surface area (Å²) in [4.78, 5) is 22.7. The van der Waals surface area contributed by atoms with E-state index < -0.39 is 0 Å². The summed E-state index contributed by atoms with van der Waals surface area (Å²) in [6.07, 6.45) is 11.1. The first-order valence-electron chi connectivity index (χ1n) is 13.2. The first-order valence-corrected chi connectivity index (χ1v) is 13.2. The van der Waals surface area contributed by atoms with Crippen molar-refractivity contribution in [1.82, 2.24) is 10.6 Å². The van der Waals surface area contributed by atoms with E-state index >= 15 is 0 Å². The number of ether oxygens (including phenoxy) is 2. The second kappa shape index (κ2) is 18.3. The van der Waals surface area contributed by atoms with E-state index in [0.29, 0.717) is 37.9 Å². The lowest BCUT2D eigenvalue weighted by molar-refractivity contribution is -0.145. The molecule has 2 N–H and O–H groups in total. The Morgan fingerprint density at radius 1 is 0.594 bits per heavy atom. The van der Waals surface area contributed by atoms with Crippen molar-refractivity contribution in [3.05, 3.63) is 0 Å². The zero-order valence-electron chi connectivity index (χ0n) is 21.3. The van der Waals surface area contributed by atoms with Crippen molar-refractivity contribution >= 4 is 11.9 Å². The molecule has 2 saturated carbocycles. The summed E-state index contributed by atoms with van der Waals surface area (Å²) in [6.45, 7) is 13.4. The quantitative estimate of drug-likeness (QED) is 0.416. The van der Waals surface area contributed by atoms with Gasteiger partial charge in [0, 0.05) is 12.8 Å². The van der Waals surface area contributed by atoms with Gasteiger partial charge >= 0.3 is 11.9 Å². The van der Waals surface area contributed by atoms with Gasteiger partial charge in [-0.1, -0.05) is 13.8 Å². The fraction of sp³-hybridized carbons (Fsp3) is 0.923. The van der Waals surface area contributed by atoms with E-state index in [0.717, 1.165) is 38.0 Å². The molecular weight excluding hydrogens is 404 g/mol. The van der Waals surface area contributed by atoms with Gasteiger partial charge in [-0.3, -0.25) is 9.59 Å². The Morgan fingerprint density at radius 2 is 0.906 bits per heavy atom. The van der Waals surface area contributed by atoms with Crippen LogP contribution in [0.15, 0.2) is 0 Å². The van der Waals surface area contributed by atoms with Crippen LogP contribution in [0.5, 0.6) is 0 Å². The van der Waals surface area contributed by atoms with Gasteiger partial charge in [0.2, 0.25) is 0 Å². The van der Waals surface area contributed by atoms with Crippen LogP contribution in [-0.2, 0) is 19.1 Å². The number of hydrogen-bond acceptors (Lipinski definition) is 6. The Balaban J connectivity index is 0.000000320. The molecule has 0 radical (unpaired) electrons. The summed E-state index contributed by atoms with van der Waals surface area (Å²) in [5.74, 6) is 2.74. The van der Waals surface area contributed by atoms with E-state index in [1.54, 1.807) is 0 Å². The van der Waals surface area contributed by atoms with Crippen LogP contribution >= 0.6 is 0 Å². The maximum Gasteiger partial charge on any atom is 0.306 e. The Kier molecular flexibility index (Phi) is 16.5. The molecule has 6 nitrogen and oxygen atoms in total. The summed E-state index contributed by atoms with van der Waals surface area (Å²) in [5.41, 5.74) is 0. The largest absolute Gasteiger partial charge is 0.466 e. The van der Waals surface area contributed by atoms with Gasteiger partial charge in [-0.25, -0.2) is 0 Å². The molecule has 0 saturated heterocycles. The minimum atomic E-state index is -0.0161. The Hall–Kier alpha value is -1.14. The minimum Gasteiger partial charge on any atom is -0.466 e. The zero-order chi connectivity index (χ0) is 23.6. The van der Waals surface area contributed by atoms with Crippen LogP contribution in [-0.4, -0.2) is 51.3 Å². The molecule has 0 aromatic rings. The molecule has 0 unspecified atom stereocenters. The molecule has 2 aliphatic carbocycles. The van der Waals surface area contributed by atoms with Gasteiger partial charge in [0.25, 0.3) is 0 Å². The molecule has 2 rings (SSSR count). The van der Waals surface area contributed by atoms with Crippen LogP contribution < -0.4 is 10.6 Å². The number of nitrogens with one attached hydrogen (secondary N) is 2. The second-order valence-electron chi connectivity index (χ2n) is 9.41. The summed E-state index contributed by atoms with van der Waals surface area (Å²) in [6, 6.07) is 0. The van der Waals surface area contributed by atoms with Crippen LogP contribution in [0.2, 0.25) is 0 Å². The van der Waals surface area contributed by atoms with E-state index in [1.807, 2.05) is 13.8 Å². The highest BCUT2D eigenvalue weighted by Crippen LogP contribution is 2.31. The summed E-state index contributed by atoms with van der Waals surface area (Å²) in [7, 11) is 0. The molecule has 0 aliphatic heterocycles. The molecule has 0 spiro atoms. The lowest BCUT2D eigenvalue weighted by Gasteiger charge is -2.28. The standard InChI is InChI=1S/2C13H25NO2/c2*1-3-14-10-12-7-5-11(6-8-12)9-13(15)16-4-2/h2*11-12,14H,3-10H2,1-2H3. The third-order valence-corrected chi connectivity index (χ3v) is 6.82. The summed E-state index contributed by atoms with van der Waals surface area (Å²) in [5, 5.41) is 6.80. The molecule has 0 aromatic carbocycles. The topological polar surface area (TPSA) is 76.7 Å². The second-order valence-corrected chi connectivity index (χ2v) is 9.41. The summed E-state index contributed by atoms with van der Waals surface area (Å²) < 4.78 is 9.97. The van der Waals surface area contributed by atoms with Crippen LogP contribution in [0.25, 0.3) is 0 Å². The number of esters is 2. The normalized spacial score (nSPS) is 25.4. The molecule has 0 bridgehead atoms. The van der Waals surface area contributed by atoms with E-state index in [9.17, 15) is 9.59 Å². The smallest absolute Gasteiger partial charge is 0.306 e. The number of hydrogen-bond donors (Lipinski definition) is 2. The monoisotopic (exact) mass is 454 g/mol. The fourth-order valence-corrected chi connectivity index (χ4v) is 4.89. The van der Waals surface area contributed by atoms with Crippen LogP contribution in [0.1, 0.15) is 91.9 Å². The predicted octanol–water partition coefficient (Wildman–Crippen LogP) is 4.71. The Labute approximate surface area is 197 Å². The van der Waals surface area contributed by atoms with Crippen molar-refractivity contribution < 1.29 is 19.1 Å². The van der Waals surface area contributed by atoms with Gasteiger partial charge in [-0.05, 0) is 115 Å². The van der Waals surface area contributed by atoms with Crippen molar-refractivity contribution in [3.8, 4) is 0 Å². The van der Waals surface area contributed by atoms with Crippen molar-refractivity contribution in [1.29, 1.82) is 0 Å². The van der Waals surface area contributed by atoms with Crippen molar-refractivity contribution in [2.45, 2.75) is 91.9 Å². The molecule has 6 heteroatoms. The lowest BCUT2D eigenvalue weighted by Crippen LogP contribution is -2.27. The van der Waals surface area contributed by atoms with Crippen molar-refractivity contribution in [2.75, 3.05) is 39.4 Å². The Morgan fingerprint density at radius 3 is 1.19 bits per heavy atom. The average Bonchev–Trinajstić information content (AvgIpc) is 2.79. The molecule has 0 heterocycles. The van der Waals surface area contributed by atoms with Gasteiger partial charge in [0.15, 0.2) is 0 Å². The average molecular weight is 455 g/mol. The first-order chi connectivity index (χ1) is 15.5. The predicted molar refractivity (Wildman–Crippen MR) is 130 cm³/mol. The van der Waals surface area contributed by atoms with Gasteiger partial charge < -0.3 is 20.1 Å². The van der Waals surface area contributed by atoms with Crippen LogP contribution in [0.3, 0.4) is 0 Å². The number of rotatable bonds is 12. The van der Waals surface area contributed by atoms with E-state index in [-0.39, 0.29) is 11.9 Å². The Bertz CT molecular complexity index is 440. The molecular formula is C26H50N2O4. The molecule has 0 atom stereocenters. The third-order valence-electron chi connectivity index (χ3n) is 6.82. The lowest BCUT2D eigenvalue weighted by atomic mass is 9.80. The summed E-state index contributed by atoms with van der Waals surface area (Å²) >= 11 is 0. The van der Waals surface area contributed by atoms with Crippen molar-refractivity contribution in [2.24, 2.45) is 23.7 Å². The number of carbonyl (C=O) groups is 2. The van der Waals surface area contributed by atoms with Gasteiger partial charge in [-0.2, -0.15) is 0 Å². The van der Waals surface area contributed by atoms with Crippen LogP contribution in [0.4, 0.5) is 0 Å². The molecule has 0 amide bonds. The fourth-order valence-electron chi connectivity index (χ4n) is 4.89. The number of carbonyl (C=O) groups excluding carboxylic acids is 2. The molecule has 0 aromatic heterocycles.